The molecule has 1 aromatic rings. The number of halogens is 1. The van der Waals surface area contributed by atoms with Crippen LogP contribution in [0.3, 0.4) is 0 Å². The summed E-state index contributed by atoms with van der Waals surface area (Å²) in [6.45, 7) is 0. The number of nitriles is 1. The molecule has 0 aromatic heterocycles. The fourth-order valence-corrected chi connectivity index (χ4v) is 1.41. The minimum atomic E-state index is -0.359. The van der Waals surface area contributed by atoms with Crippen LogP contribution in [0.2, 0.25) is 5.02 Å². The highest BCUT2D eigenvalue weighted by Crippen LogP contribution is 2.18. The van der Waals surface area contributed by atoms with Crippen molar-refractivity contribution in [3.8, 4) is 6.07 Å². The Balaban J connectivity index is 3.12. The summed E-state index contributed by atoms with van der Waals surface area (Å²) in [6, 6.07) is 8.55. The lowest BCUT2D eigenvalue weighted by atomic mass is 10.1. The Kier molecular flexibility index (Phi) is 4.10. The predicted molar refractivity (Wildman–Crippen MR) is 63.2 cm³/mol. The molecular formula is C12H11ClN2O. The summed E-state index contributed by atoms with van der Waals surface area (Å²) in [5.41, 5.74) is 0.414. The van der Waals surface area contributed by atoms with E-state index >= 15 is 0 Å². The molecule has 0 N–H and O–H groups in total. The molecule has 0 saturated carbocycles. The summed E-state index contributed by atoms with van der Waals surface area (Å²) < 4.78 is 0. The van der Waals surface area contributed by atoms with Crippen LogP contribution in [0.5, 0.6) is 0 Å². The molecule has 0 atom stereocenters. The Hall–Kier alpha value is -1.79. The van der Waals surface area contributed by atoms with Crippen LogP contribution in [0.15, 0.2) is 36.0 Å². The predicted octanol–water partition coefficient (Wildman–Crippen LogP) is 2.49. The average Bonchev–Trinajstić information content (AvgIpc) is 2.25. The van der Waals surface area contributed by atoms with Gasteiger partial charge in [0.05, 0.1) is 5.02 Å². The molecule has 16 heavy (non-hydrogen) atoms. The van der Waals surface area contributed by atoms with Crippen LogP contribution in [-0.2, 0) is 0 Å². The zero-order chi connectivity index (χ0) is 12.1. The van der Waals surface area contributed by atoms with Gasteiger partial charge in [-0.25, -0.2) is 0 Å². The van der Waals surface area contributed by atoms with Gasteiger partial charge in [-0.1, -0.05) is 23.7 Å². The highest BCUT2D eigenvalue weighted by molar-refractivity contribution is 6.35. The second kappa shape index (κ2) is 5.34. The van der Waals surface area contributed by atoms with Crippen LogP contribution in [0, 0.1) is 11.3 Å². The minimum Gasteiger partial charge on any atom is -0.382 e. The van der Waals surface area contributed by atoms with E-state index in [0.29, 0.717) is 10.6 Å². The van der Waals surface area contributed by atoms with Crippen LogP contribution in [-0.4, -0.2) is 24.8 Å². The summed E-state index contributed by atoms with van der Waals surface area (Å²) in [5.74, 6) is -0.359. The first-order valence-corrected chi connectivity index (χ1v) is 5.01. The highest BCUT2D eigenvalue weighted by Gasteiger charge is 2.14. The zero-order valence-corrected chi connectivity index (χ0v) is 9.82. The first kappa shape index (κ1) is 12.3. The lowest BCUT2D eigenvalue weighted by molar-refractivity contribution is 0.103. The van der Waals surface area contributed by atoms with E-state index in [1.165, 1.54) is 6.20 Å². The molecule has 0 aliphatic rings. The number of hydrogen-bond acceptors (Lipinski definition) is 3. The molecule has 0 aliphatic heterocycles. The Labute approximate surface area is 99.5 Å². The number of benzene rings is 1. The van der Waals surface area contributed by atoms with Gasteiger partial charge >= 0.3 is 0 Å². The van der Waals surface area contributed by atoms with Gasteiger partial charge < -0.3 is 4.90 Å². The van der Waals surface area contributed by atoms with Gasteiger partial charge in [0.1, 0.15) is 11.6 Å². The lowest BCUT2D eigenvalue weighted by Crippen LogP contribution is -2.09. The molecule has 0 radical (unpaired) electrons. The quantitative estimate of drug-likeness (QED) is 0.459. The topological polar surface area (TPSA) is 44.1 Å². The maximum atomic E-state index is 11.9. The van der Waals surface area contributed by atoms with Gasteiger partial charge in [0, 0.05) is 25.9 Å². The highest BCUT2D eigenvalue weighted by atomic mass is 35.5. The molecule has 0 fully saturated rings. The number of carbonyl (C=O) groups excluding carboxylic acids is 1. The van der Waals surface area contributed by atoms with Gasteiger partial charge in [-0.2, -0.15) is 5.26 Å². The van der Waals surface area contributed by atoms with E-state index in [9.17, 15) is 4.79 Å². The first-order valence-electron chi connectivity index (χ1n) is 4.64. The second-order valence-electron chi connectivity index (χ2n) is 3.43. The first-order chi connectivity index (χ1) is 7.56. The van der Waals surface area contributed by atoms with Crippen LogP contribution < -0.4 is 0 Å². The fourth-order valence-electron chi connectivity index (χ4n) is 1.19. The van der Waals surface area contributed by atoms with E-state index in [0.717, 1.165) is 0 Å². The maximum absolute atomic E-state index is 11.9. The number of Topliss-reactive ketones (excluding diaryl/α,β-unsaturated/α-hetero) is 1. The molecule has 0 spiro atoms. The molecule has 3 nitrogen and oxygen atoms in total. The van der Waals surface area contributed by atoms with E-state index in [4.69, 9.17) is 16.9 Å². The molecule has 0 aliphatic carbocycles. The van der Waals surface area contributed by atoms with E-state index in [1.54, 1.807) is 43.3 Å². The monoisotopic (exact) mass is 234 g/mol. The summed E-state index contributed by atoms with van der Waals surface area (Å²) in [7, 11) is 3.49. The number of ketones is 1. The Bertz CT molecular complexity index is 472. The summed E-state index contributed by atoms with van der Waals surface area (Å²) >= 11 is 5.89. The third kappa shape index (κ3) is 2.85. The minimum absolute atomic E-state index is 0.0677. The van der Waals surface area contributed by atoms with Crippen molar-refractivity contribution in [3.63, 3.8) is 0 Å². The molecule has 82 valence electrons. The van der Waals surface area contributed by atoms with Crippen LogP contribution in [0.25, 0.3) is 0 Å². The van der Waals surface area contributed by atoms with Crippen molar-refractivity contribution in [2.75, 3.05) is 14.1 Å². The number of nitrogens with zero attached hydrogens (tertiary/aromatic N) is 2. The zero-order valence-electron chi connectivity index (χ0n) is 9.07. The summed E-state index contributed by atoms with van der Waals surface area (Å²) in [4.78, 5) is 13.6. The molecule has 0 saturated heterocycles. The van der Waals surface area contributed by atoms with E-state index in [1.807, 2.05) is 6.07 Å². The molecule has 1 rings (SSSR count). The summed E-state index contributed by atoms with van der Waals surface area (Å²) in [5, 5.41) is 9.24. The van der Waals surface area contributed by atoms with Crippen molar-refractivity contribution < 1.29 is 4.79 Å². The van der Waals surface area contributed by atoms with Crippen LogP contribution in [0.4, 0.5) is 0 Å². The SMILES string of the molecule is CN(C)/C=C(/C#N)C(=O)c1ccccc1Cl. The Morgan fingerprint density at radius 2 is 2.06 bits per heavy atom. The third-order valence-corrected chi connectivity index (χ3v) is 2.20. The van der Waals surface area contributed by atoms with Crippen molar-refractivity contribution in [3.05, 3.63) is 46.6 Å². The second-order valence-corrected chi connectivity index (χ2v) is 3.83. The average molecular weight is 235 g/mol. The molecular weight excluding hydrogens is 224 g/mol. The van der Waals surface area contributed by atoms with Crippen LogP contribution in [0.1, 0.15) is 10.4 Å². The molecule has 0 bridgehead atoms. The van der Waals surface area contributed by atoms with E-state index < -0.39 is 0 Å². The van der Waals surface area contributed by atoms with Crippen molar-refractivity contribution in [1.29, 1.82) is 5.26 Å². The Morgan fingerprint density at radius 1 is 1.44 bits per heavy atom. The van der Waals surface area contributed by atoms with Crippen molar-refractivity contribution in [1.82, 2.24) is 4.90 Å². The van der Waals surface area contributed by atoms with Crippen molar-refractivity contribution >= 4 is 17.4 Å². The normalized spacial score (nSPS) is 10.8. The largest absolute Gasteiger partial charge is 0.382 e. The number of carbonyl (C=O) groups is 1. The fraction of sp³-hybridized carbons (Fsp3) is 0.167. The lowest BCUT2D eigenvalue weighted by Gasteiger charge is -2.06. The van der Waals surface area contributed by atoms with Gasteiger partial charge in [-0.3, -0.25) is 4.79 Å². The van der Waals surface area contributed by atoms with Crippen molar-refractivity contribution in [2.45, 2.75) is 0 Å². The van der Waals surface area contributed by atoms with E-state index in [2.05, 4.69) is 0 Å². The summed E-state index contributed by atoms with van der Waals surface area (Å²) in [6.07, 6.45) is 1.48. The van der Waals surface area contributed by atoms with E-state index in [-0.39, 0.29) is 11.4 Å². The maximum Gasteiger partial charge on any atom is 0.206 e. The standard InChI is InChI=1S/C12H11ClN2O/c1-15(2)8-9(7-14)12(16)10-5-3-4-6-11(10)13/h3-6,8H,1-2H3/b9-8-. The molecule has 0 heterocycles. The number of rotatable bonds is 3. The molecule has 0 unspecified atom stereocenters. The van der Waals surface area contributed by atoms with Crippen LogP contribution >= 0.6 is 11.6 Å². The van der Waals surface area contributed by atoms with Gasteiger partial charge in [0.25, 0.3) is 0 Å². The van der Waals surface area contributed by atoms with Gasteiger partial charge in [0.15, 0.2) is 0 Å². The molecule has 0 amide bonds. The third-order valence-electron chi connectivity index (χ3n) is 1.87. The molecule has 1 aromatic carbocycles. The number of allylic oxidation sites excluding steroid dienone is 1. The van der Waals surface area contributed by atoms with Gasteiger partial charge in [-0.05, 0) is 12.1 Å². The van der Waals surface area contributed by atoms with Gasteiger partial charge in [0.2, 0.25) is 5.78 Å². The Morgan fingerprint density at radius 3 is 2.56 bits per heavy atom. The molecule has 4 heteroatoms. The van der Waals surface area contributed by atoms with Gasteiger partial charge in [-0.15, -0.1) is 0 Å². The van der Waals surface area contributed by atoms with Crippen molar-refractivity contribution in [2.24, 2.45) is 0 Å². The number of hydrogen-bond donors (Lipinski definition) is 0. The smallest absolute Gasteiger partial charge is 0.206 e.